The SMILES string of the molecule is CCN(CC)S(=O)(=O)c1cc(C(=O)NC(C)C(=O)OC)ccc1C. The van der Waals surface area contributed by atoms with E-state index in [1.165, 1.54) is 30.5 Å². The van der Waals surface area contributed by atoms with Crippen molar-refractivity contribution in [3.05, 3.63) is 29.3 Å². The third-order valence-corrected chi connectivity index (χ3v) is 5.87. The van der Waals surface area contributed by atoms with E-state index in [1.54, 1.807) is 26.8 Å². The van der Waals surface area contributed by atoms with Crippen LogP contribution in [0.2, 0.25) is 0 Å². The molecule has 1 rings (SSSR count). The predicted molar refractivity (Wildman–Crippen MR) is 90.2 cm³/mol. The minimum Gasteiger partial charge on any atom is -0.467 e. The van der Waals surface area contributed by atoms with Crippen molar-refractivity contribution >= 4 is 21.9 Å². The predicted octanol–water partition coefficient (Wildman–Crippen LogP) is 1.32. The van der Waals surface area contributed by atoms with Crippen molar-refractivity contribution in [2.45, 2.75) is 38.6 Å². The van der Waals surface area contributed by atoms with Crippen LogP contribution in [0.4, 0.5) is 0 Å². The lowest BCUT2D eigenvalue weighted by atomic mass is 10.1. The van der Waals surface area contributed by atoms with Crippen LogP contribution in [0.3, 0.4) is 0 Å². The number of methoxy groups -OCH3 is 1. The minimum absolute atomic E-state index is 0.0876. The maximum Gasteiger partial charge on any atom is 0.328 e. The number of carbonyl (C=O) groups is 2. The van der Waals surface area contributed by atoms with Crippen molar-refractivity contribution in [2.75, 3.05) is 20.2 Å². The highest BCUT2D eigenvalue weighted by Gasteiger charge is 2.25. The summed E-state index contributed by atoms with van der Waals surface area (Å²) in [5.41, 5.74) is 0.724. The van der Waals surface area contributed by atoms with E-state index >= 15 is 0 Å². The fourth-order valence-electron chi connectivity index (χ4n) is 2.24. The third kappa shape index (κ3) is 4.33. The Bertz CT molecular complexity index is 711. The fraction of sp³-hybridized carbons (Fsp3) is 0.500. The van der Waals surface area contributed by atoms with Gasteiger partial charge in [-0.05, 0) is 31.5 Å². The second-order valence-corrected chi connectivity index (χ2v) is 7.19. The van der Waals surface area contributed by atoms with Gasteiger partial charge in [-0.25, -0.2) is 13.2 Å². The van der Waals surface area contributed by atoms with E-state index in [1.807, 2.05) is 0 Å². The third-order valence-electron chi connectivity index (χ3n) is 3.68. The molecule has 0 spiro atoms. The molecule has 0 bridgehead atoms. The Hall–Kier alpha value is -1.93. The van der Waals surface area contributed by atoms with Crippen molar-refractivity contribution in [1.29, 1.82) is 0 Å². The number of aryl methyl sites for hydroxylation is 1. The highest BCUT2D eigenvalue weighted by molar-refractivity contribution is 7.89. The summed E-state index contributed by atoms with van der Waals surface area (Å²) in [7, 11) is -2.45. The standard InChI is InChI=1S/C16H24N2O5S/c1-6-18(7-2)24(21,22)14-10-13(9-8-11(14)3)15(19)17-12(4)16(20)23-5/h8-10,12H,6-7H2,1-5H3,(H,17,19). The van der Waals surface area contributed by atoms with Crippen LogP contribution in [-0.4, -0.2) is 50.8 Å². The van der Waals surface area contributed by atoms with E-state index in [-0.39, 0.29) is 10.5 Å². The molecule has 0 aliphatic rings. The van der Waals surface area contributed by atoms with Crippen LogP contribution in [0.15, 0.2) is 23.1 Å². The van der Waals surface area contributed by atoms with E-state index in [0.717, 1.165) is 0 Å². The molecule has 24 heavy (non-hydrogen) atoms. The Balaban J connectivity index is 3.19. The lowest BCUT2D eigenvalue weighted by Crippen LogP contribution is -2.39. The van der Waals surface area contributed by atoms with E-state index in [2.05, 4.69) is 10.1 Å². The van der Waals surface area contributed by atoms with Crippen LogP contribution in [0, 0.1) is 6.92 Å². The van der Waals surface area contributed by atoms with E-state index < -0.39 is 27.9 Å². The molecule has 0 aliphatic heterocycles. The van der Waals surface area contributed by atoms with Crippen LogP contribution < -0.4 is 5.32 Å². The Morgan fingerprint density at radius 3 is 2.33 bits per heavy atom. The second-order valence-electron chi connectivity index (χ2n) is 5.29. The fourth-order valence-corrected chi connectivity index (χ4v) is 3.95. The molecule has 1 unspecified atom stereocenters. The Morgan fingerprint density at radius 1 is 1.25 bits per heavy atom. The lowest BCUT2D eigenvalue weighted by Gasteiger charge is -2.20. The molecular formula is C16H24N2O5S. The summed E-state index contributed by atoms with van der Waals surface area (Å²) in [6.07, 6.45) is 0. The normalized spacial score (nSPS) is 12.8. The summed E-state index contributed by atoms with van der Waals surface area (Å²) >= 11 is 0. The van der Waals surface area contributed by atoms with Gasteiger partial charge in [0.05, 0.1) is 12.0 Å². The number of benzene rings is 1. The summed E-state index contributed by atoms with van der Waals surface area (Å²) in [5.74, 6) is -1.12. The molecule has 1 aromatic carbocycles. The first kappa shape index (κ1) is 20.1. The molecule has 0 aromatic heterocycles. The second kappa shape index (κ2) is 8.25. The quantitative estimate of drug-likeness (QED) is 0.744. The molecule has 1 atom stereocenters. The van der Waals surface area contributed by atoms with Gasteiger partial charge in [-0.3, -0.25) is 4.79 Å². The molecule has 7 nitrogen and oxygen atoms in total. The van der Waals surface area contributed by atoms with Crippen LogP contribution >= 0.6 is 0 Å². The molecule has 1 amide bonds. The first-order valence-electron chi connectivity index (χ1n) is 7.68. The van der Waals surface area contributed by atoms with E-state index in [9.17, 15) is 18.0 Å². The number of ether oxygens (including phenoxy) is 1. The highest BCUT2D eigenvalue weighted by atomic mass is 32.2. The van der Waals surface area contributed by atoms with Gasteiger partial charge in [0.2, 0.25) is 10.0 Å². The number of carbonyl (C=O) groups excluding carboxylic acids is 2. The maximum absolute atomic E-state index is 12.7. The van der Waals surface area contributed by atoms with E-state index in [4.69, 9.17) is 0 Å². The minimum atomic E-state index is -3.68. The smallest absolute Gasteiger partial charge is 0.328 e. The first-order chi connectivity index (χ1) is 11.2. The summed E-state index contributed by atoms with van der Waals surface area (Å²) in [5, 5.41) is 2.48. The van der Waals surface area contributed by atoms with Crippen molar-refractivity contribution < 1.29 is 22.7 Å². The molecule has 0 radical (unpaired) electrons. The molecule has 8 heteroatoms. The van der Waals surface area contributed by atoms with Crippen LogP contribution in [0.5, 0.6) is 0 Å². The van der Waals surface area contributed by atoms with Gasteiger partial charge in [0.25, 0.3) is 5.91 Å². The van der Waals surface area contributed by atoms with Crippen LogP contribution in [0.25, 0.3) is 0 Å². The molecule has 0 saturated heterocycles. The van der Waals surface area contributed by atoms with Gasteiger partial charge in [-0.15, -0.1) is 0 Å². The Labute approximate surface area is 143 Å². The largest absolute Gasteiger partial charge is 0.467 e. The lowest BCUT2D eigenvalue weighted by molar-refractivity contribution is -0.142. The molecule has 1 aromatic rings. The molecule has 1 N–H and O–H groups in total. The molecule has 0 saturated carbocycles. The zero-order valence-corrected chi connectivity index (χ0v) is 15.4. The highest BCUT2D eigenvalue weighted by Crippen LogP contribution is 2.21. The summed E-state index contributed by atoms with van der Waals surface area (Å²) < 4.78 is 31.3. The van der Waals surface area contributed by atoms with Gasteiger partial charge in [-0.2, -0.15) is 4.31 Å². The van der Waals surface area contributed by atoms with Crippen LogP contribution in [0.1, 0.15) is 36.7 Å². The average molecular weight is 356 g/mol. The van der Waals surface area contributed by atoms with E-state index in [0.29, 0.717) is 18.7 Å². The average Bonchev–Trinajstić information content (AvgIpc) is 2.54. The van der Waals surface area contributed by atoms with Gasteiger partial charge in [0, 0.05) is 18.7 Å². The summed E-state index contributed by atoms with van der Waals surface area (Å²) in [6, 6.07) is 3.61. The number of nitrogens with zero attached hydrogens (tertiary/aromatic N) is 1. The number of hydrogen-bond donors (Lipinski definition) is 1. The van der Waals surface area contributed by atoms with Crippen molar-refractivity contribution in [2.24, 2.45) is 0 Å². The Kier molecular flexibility index (Phi) is 6.92. The van der Waals surface area contributed by atoms with Crippen molar-refractivity contribution in [3.8, 4) is 0 Å². The summed E-state index contributed by atoms with van der Waals surface area (Å²) in [4.78, 5) is 23.7. The molecular weight excluding hydrogens is 332 g/mol. The summed E-state index contributed by atoms with van der Waals surface area (Å²) in [6.45, 7) is 7.36. The zero-order valence-electron chi connectivity index (χ0n) is 14.6. The van der Waals surface area contributed by atoms with Gasteiger partial charge < -0.3 is 10.1 Å². The van der Waals surface area contributed by atoms with Gasteiger partial charge in [0.15, 0.2) is 0 Å². The van der Waals surface area contributed by atoms with Gasteiger partial charge in [0.1, 0.15) is 6.04 Å². The topological polar surface area (TPSA) is 92.8 Å². The molecule has 0 heterocycles. The number of hydrogen-bond acceptors (Lipinski definition) is 5. The van der Waals surface area contributed by atoms with Gasteiger partial charge >= 0.3 is 5.97 Å². The molecule has 134 valence electrons. The van der Waals surface area contributed by atoms with Crippen molar-refractivity contribution in [3.63, 3.8) is 0 Å². The maximum atomic E-state index is 12.7. The first-order valence-corrected chi connectivity index (χ1v) is 9.12. The van der Waals surface area contributed by atoms with Gasteiger partial charge in [-0.1, -0.05) is 19.9 Å². The van der Waals surface area contributed by atoms with Crippen LogP contribution in [-0.2, 0) is 19.6 Å². The number of nitrogens with one attached hydrogen (secondary N) is 1. The molecule has 0 fully saturated rings. The van der Waals surface area contributed by atoms with Crippen molar-refractivity contribution in [1.82, 2.24) is 9.62 Å². The number of esters is 1. The number of rotatable bonds is 7. The zero-order chi connectivity index (χ0) is 18.5. The molecule has 0 aliphatic carbocycles. The monoisotopic (exact) mass is 356 g/mol. The Morgan fingerprint density at radius 2 is 1.83 bits per heavy atom. The number of amides is 1. The number of sulfonamides is 1.